The van der Waals surface area contributed by atoms with Crippen LogP contribution < -0.4 is 14.8 Å². The van der Waals surface area contributed by atoms with E-state index >= 15 is 0 Å². The van der Waals surface area contributed by atoms with Gasteiger partial charge in [0.1, 0.15) is 16.3 Å². The van der Waals surface area contributed by atoms with Crippen LogP contribution in [0.1, 0.15) is 12.8 Å². The molecular weight excluding hydrogens is 372 g/mol. The number of amides is 1. The summed E-state index contributed by atoms with van der Waals surface area (Å²) >= 11 is 0. The molecule has 0 spiro atoms. The molecule has 1 aromatic rings. The number of ether oxygens (including phenoxy) is 1. The molecule has 1 atom stereocenters. The number of hydrogen-bond donors (Lipinski definition) is 3. The molecule has 1 aromatic heterocycles. The van der Waals surface area contributed by atoms with Crippen molar-refractivity contribution in [2.24, 2.45) is 0 Å². The fraction of sp³-hybridized carbons (Fsp3) is 0.615. The van der Waals surface area contributed by atoms with Gasteiger partial charge in [-0.1, -0.05) is 0 Å². The highest BCUT2D eigenvalue weighted by molar-refractivity contribution is 7.92. The molecule has 0 bridgehead atoms. The number of nitrogens with zero attached hydrogens (tertiary/aromatic N) is 1. The number of nitrogens with one attached hydrogen (secondary N) is 3. The van der Waals surface area contributed by atoms with Crippen molar-refractivity contribution in [3.05, 3.63) is 12.4 Å². The number of sulfonamides is 2. The van der Waals surface area contributed by atoms with Gasteiger partial charge in [-0.3, -0.25) is 4.79 Å². The average Bonchev–Trinajstić information content (AvgIpc) is 3.23. The second-order valence-corrected chi connectivity index (χ2v) is 9.22. The smallest absolute Gasteiger partial charge is 0.243 e. The van der Waals surface area contributed by atoms with Crippen LogP contribution in [-0.2, 0) is 36.1 Å². The van der Waals surface area contributed by atoms with E-state index in [-0.39, 0.29) is 18.6 Å². The van der Waals surface area contributed by atoms with Crippen LogP contribution in [-0.4, -0.2) is 60.7 Å². The van der Waals surface area contributed by atoms with Gasteiger partial charge in [0, 0.05) is 25.5 Å². The van der Waals surface area contributed by atoms with Crippen molar-refractivity contribution in [3.8, 4) is 0 Å². The molecule has 12 heteroatoms. The lowest BCUT2D eigenvalue weighted by Crippen LogP contribution is -2.33. The van der Waals surface area contributed by atoms with Gasteiger partial charge in [0.15, 0.2) is 0 Å². The van der Waals surface area contributed by atoms with E-state index in [1.165, 1.54) is 18.7 Å². The third-order valence-electron chi connectivity index (χ3n) is 3.80. The molecule has 1 fully saturated rings. The quantitative estimate of drug-likeness (QED) is 0.496. The summed E-state index contributed by atoms with van der Waals surface area (Å²) in [5.41, 5.74) is 0. The summed E-state index contributed by atoms with van der Waals surface area (Å²) in [5, 5.41) is 2.69. The van der Waals surface area contributed by atoms with Crippen molar-refractivity contribution in [2.45, 2.75) is 35.3 Å². The minimum atomic E-state index is -4.00. The monoisotopic (exact) mass is 394 g/mol. The summed E-state index contributed by atoms with van der Waals surface area (Å²) in [6, 6.07) is 0. The maximum absolute atomic E-state index is 12.0. The lowest BCUT2D eigenvalue weighted by atomic mass is 10.2. The highest BCUT2D eigenvalue weighted by Gasteiger charge is 2.28. The minimum absolute atomic E-state index is 0.0194. The first-order chi connectivity index (χ1) is 11.7. The lowest BCUT2D eigenvalue weighted by molar-refractivity contribution is -0.122. The zero-order chi connectivity index (χ0) is 18.7. The average molecular weight is 394 g/mol. The first-order valence-corrected chi connectivity index (χ1v) is 10.6. The molecule has 10 nitrogen and oxygen atoms in total. The molecular formula is C13H22N4O6S2. The zero-order valence-corrected chi connectivity index (χ0v) is 15.6. The van der Waals surface area contributed by atoms with Crippen molar-refractivity contribution in [1.29, 1.82) is 0 Å². The molecule has 2 heterocycles. The van der Waals surface area contributed by atoms with E-state index in [1.807, 2.05) is 0 Å². The molecule has 2 rings (SSSR count). The summed E-state index contributed by atoms with van der Waals surface area (Å²) in [5.74, 6) is -0.368. The highest BCUT2D eigenvalue weighted by Crippen LogP contribution is 2.21. The maximum atomic E-state index is 12.0. The van der Waals surface area contributed by atoms with Gasteiger partial charge in [-0.2, -0.15) is 0 Å². The molecule has 1 unspecified atom stereocenters. The van der Waals surface area contributed by atoms with E-state index in [0.717, 1.165) is 25.2 Å². The van der Waals surface area contributed by atoms with E-state index < -0.39 is 29.8 Å². The SMILES string of the molecule is CNS(=O)(=O)c1cn(CC(=O)NCC2CCCO2)cc1S(=O)(=O)NC. The highest BCUT2D eigenvalue weighted by atomic mass is 32.2. The molecule has 0 saturated carbocycles. The fourth-order valence-corrected chi connectivity index (χ4v) is 4.72. The largest absolute Gasteiger partial charge is 0.376 e. The molecule has 0 radical (unpaired) electrons. The number of aromatic nitrogens is 1. The molecule has 25 heavy (non-hydrogen) atoms. The van der Waals surface area contributed by atoms with Gasteiger partial charge >= 0.3 is 0 Å². The fourth-order valence-electron chi connectivity index (χ4n) is 2.44. The van der Waals surface area contributed by atoms with Gasteiger partial charge in [-0.15, -0.1) is 0 Å². The Kier molecular flexibility index (Phi) is 6.21. The third kappa shape index (κ3) is 4.79. The standard InChI is InChI=1S/C13H22N4O6S2/c1-14-24(19,20)11-7-17(8-12(11)25(21,22)15-2)9-13(18)16-6-10-4-3-5-23-10/h7-8,10,14-15H,3-6,9H2,1-2H3,(H,16,18). The Morgan fingerprint density at radius 2 is 1.72 bits per heavy atom. The van der Waals surface area contributed by atoms with E-state index in [9.17, 15) is 21.6 Å². The summed E-state index contributed by atoms with van der Waals surface area (Å²) in [7, 11) is -5.65. The van der Waals surface area contributed by atoms with Crippen LogP contribution in [0.5, 0.6) is 0 Å². The first kappa shape index (κ1) is 19.8. The van der Waals surface area contributed by atoms with E-state index in [1.54, 1.807) is 0 Å². The van der Waals surface area contributed by atoms with Crippen LogP contribution in [0.15, 0.2) is 22.2 Å². The van der Waals surface area contributed by atoms with E-state index in [2.05, 4.69) is 14.8 Å². The van der Waals surface area contributed by atoms with Crippen LogP contribution >= 0.6 is 0 Å². The Balaban J connectivity index is 2.18. The third-order valence-corrected chi connectivity index (χ3v) is 6.82. The molecule has 0 aromatic carbocycles. The van der Waals surface area contributed by atoms with Crippen molar-refractivity contribution in [1.82, 2.24) is 19.3 Å². The topological polar surface area (TPSA) is 136 Å². The summed E-state index contributed by atoms with van der Waals surface area (Å²) in [6.45, 7) is 0.830. The second-order valence-electron chi connectivity index (χ2n) is 5.51. The molecule has 142 valence electrons. The van der Waals surface area contributed by atoms with Crippen molar-refractivity contribution in [3.63, 3.8) is 0 Å². The predicted octanol–water partition coefficient (Wildman–Crippen LogP) is -1.40. The molecule has 1 aliphatic heterocycles. The number of rotatable bonds is 8. The van der Waals surface area contributed by atoms with Crippen LogP contribution in [0.4, 0.5) is 0 Å². The zero-order valence-electron chi connectivity index (χ0n) is 14.0. The second kappa shape index (κ2) is 7.83. The van der Waals surface area contributed by atoms with Gasteiger partial charge in [-0.05, 0) is 26.9 Å². The normalized spacial score (nSPS) is 18.4. The Morgan fingerprint density at radius 1 is 1.16 bits per heavy atom. The predicted molar refractivity (Wildman–Crippen MR) is 88.9 cm³/mol. The Labute approximate surface area is 147 Å². The minimum Gasteiger partial charge on any atom is -0.376 e. The Hall–Kier alpha value is -1.47. The first-order valence-electron chi connectivity index (χ1n) is 7.65. The molecule has 3 N–H and O–H groups in total. The van der Waals surface area contributed by atoms with Crippen LogP contribution in [0.25, 0.3) is 0 Å². The van der Waals surface area contributed by atoms with Crippen LogP contribution in [0.2, 0.25) is 0 Å². The molecule has 1 saturated heterocycles. The van der Waals surface area contributed by atoms with Gasteiger partial charge < -0.3 is 14.6 Å². The van der Waals surface area contributed by atoms with Crippen LogP contribution in [0.3, 0.4) is 0 Å². The van der Waals surface area contributed by atoms with Gasteiger partial charge in [0.25, 0.3) is 0 Å². The van der Waals surface area contributed by atoms with Gasteiger partial charge in [0.2, 0.25) is 26.0 Å². The maximum Gasteiger partial charge on any atom is 0.243 e. The molecule has 0 aliphatic carbocycles. The summed E-state index contributed by atoms with van der Waals surface area (Å²) in [4.78, 5) is 11.2. The summed E-state index contributed by atoms with van der Waals surface area (Å²) in [6.07, 6.45) is 4.03. The Bertz CT molecular complexity index is 773. The van der Waals surface area contributed by atoms with Gasteiger partial charge in [-0.25, -0.2) is 26.3 Å². The van der Waals surface area contributed by atoms with E-state index in [4.69, 9.17) is 4.74 Å². The van der Waals surface area contributed by atoms with E-state index in [0.29, 0.717) is 13.2 Å². The van der Waals surface area contributed by atoms with Crippen molar-refractivity contribution in [2.75, 3.05) is 27.2 Å². The number of carbonyl (C=O) groups excluding carboxylic acids is 1. The number of hydrogen-bond acceptors (Lipinski definition) is 6. The van der Waals surface area contributed by atoms with Gasteiger partial charge in [0.05, 0.1) is 6.10 Å². The van der Waals surface area contributed by atoms with Crippen molar-refractivity contribution < 1.29 is 26.4 Å². The number of carbonyl (C=O) groups is 1. The van der Waals surface area contributed by atoms with Crippen LogP contribution in [0, 0.1) is 0 Å². The molecule has 1 amide bonds. The Morgan fingerprint density at radius 3 is 2.16 bits per heavy atom. The summed E-state index contributed by atoms with van der Waals surface area (Å²) < 4.78 is 59.0. The van der Waals surface area contributed by atoms with Crippen molar-refractivity contribution >= 4 is 26.0 Å². The molecule has 1 aliphatic rings. The lowest BCUT2D eigenvalue weighted by Gasteiger charge is -2.11.